The molecule has 0 aromatic heterocycles. The molecule has 1 aromatic carbocycles. The van der Waals surface area contributed by atoms with Crippen LogP contribution in [-0.4, -0.2) is 86.7 Å². The quantitative estimate of drug-likeness (QED) is 0.196. The van der Waals surface area contributed by atoms with Crippen molar-refractivity contribution in [2.75, 3.05) is 59.4 Å². The van der Waals surface area contributed by atoms with Gasteiger partial charge in [-0.2, -0.15) is 8.78 Å². The molecule has 1 heterocycles. The Morgan fingerprint density at radius 1 is 1.10 bits per heavy atom. The van der Waals surface area contributed by atoms with Gasteiger partial charge in [-0.25, -0.2) is 0 Å². The van der Waals surface area contributed by atoms with E-state index in [-0.39, 0.29) is 29.7 Å². The first-order valence-electron chi connectivity index (χ1n) is 11.0. The summed E-state index contributed by atoms with van der Waals surface area (Å²) in [5.41, 5.74) is 1.01. The number of aliphatic imine (C=N–C) groups is 1. The van der Waals surface area contributed by atoms with E-state index < -0.39 is 6.61 Å². The molecule has 0 aliphatic carbocycles. The van der Waals surface area contributed by atoms with Crippen LogP contribution in [0.5, 0.6) is 5.75 Å². The zero-order valence-electron chi connectivity index (χ0n) is 19.0. The first kappa shape index (κ1) is 27.8. The summed E-state index contributed by atoms with van der Waals surface area (Å²) in [6.07, 6.45) is 2.22. The highest BCUT2D eigenvalue weighted by Crippen LogP contribution is 2.15. The number of piperazine rings is 1. The van der Waals surface area contributed by atoms with E-state index in [2.05, 4.69) is 38.6 Å². The fraction of sp³-hybridized carbons (Fsp3) is 0.682. The van der Waals surface area contributed by atoms with Gasteiger partial charge in [-0.05, 0) is 50.6 Å². The highest BCUT2D eigenvalue weighted by molar-refractivity contribution is 14.0. The van der Waals surface area contributed by atoms with Crippen LogP contribution in [0.2, 0.25) is 0 Å². The number of guanidine groups is 1. The summed E-state index contributed by atoms with van der Waals surface area (Å²) in [7, 11) is 1.98. The molecule has 0 unspecified atom stereocenters. The van der Waals surface area contributed by atoms with Crippen molar-refractivity contribution < 1.29 is 13.5 Å². The number of hydrogen-bond donors (Lipinski definition) is 1. The summed E-state index contributed by atoms with van der Waals surface area (Å²) >= 11 is 0. The van der Waals surface area contributed by atoms with Crippen molar-refractivity contribution in [1.29, 1.82) is 0 Å². The van der Waals surface area contributed by atoms with Crippen LogP contribution in [0.25, 0.3) is 0 Å². The summed E-state index contributed by atoms with van der Waals surface area (Å²) in [6, 6.07) is 6.74. The number of unbranched alkanes of at least 4 members (excludes halogenated alkanes) is 1. The van der Waals surface area contributed by atoms with Crippen LogP contribution in [0, 0.1) is 0 Å². The van der Waals surface area contributed by atoms with Gasteiger partial charge in [0.15, 0.2) is 5.96 Å². The standard InChI is InChI=1S/C22H37F2N5O.HI/c1-4-25-22(26-12-6-7-13-29-16-14-28(5-2)15-17-29)27(3)18-19-8-10-20(11-9-19)30-21(23)24;/h8-11,21H,4-7,12-18H2,1-3H3,(H,25,26);1H. The molecule has 0 atom stereocenters. The molecule has 1 N–H and O–H groups in total. The number of ether oxygens (including phenoxy) is 1. The fourth-order valence-corrected chi connectivity index (χ4v) is 3.56. The van der Waals surface area contributed by atoms with Gasteiger partial charge in [0, 0.05) is 52.9 Å². The van der Waals surface area contributed by atoms with Crippen LogP contribution < -0.4 is 10.1 Å². The van der Waals surface area contributed by atoms with Crippen molar-refractivity contribution in [2.24, 2.45) is 4.99 Å². The van der Waals surface area contributed by atoms with Crippen LogP contribution in [0.4, 0.5) is 8.78 Å². The molecule has 0 bridgehead atoms. The van der Waals surface area contributed by atoms with E-state index in [4.69, 9.17) is 4.99 Å². The molecule has 178 valence electrons. The second-order valence-corrected chi connectivity index (χ2v) is 7.60. The third-order valence-corrected chi connectivity index (χ3v) is 5.32. The summed E-state index contributed by atoms with van der Waals surface area (Å²) in [6.45, 7) is 10.7. The number of benzene rings is 1. The molecule has 9 heteroatoms. The molecular weight excluding hydrogens is 515 g/mol. The van der Waals surface area contributed by atoms with E-state index in [1.807, 2.05) is 7.05 Å². The lowest BCUT2D eigenvalue weighted by molar-refractivity contribution is -0.0498. The van der Waals surface area contributed by atoms with Crippen molar-refractivity contribution in [1.82, 2.24) is 20.0 Å². The fourth-order valence-electron chi connectivity index (χ4n) is 3.56. The van der Waals surface area contributed by atoms with Crippen LogP contribution in [0.3, 0.4) is 0 Å². The Morgan fingerprint density at radius 3 is 2.32 bits per heavy atom. The van der Waals surface area contributed by atoms with Gasteiger partial charge in [-0.15, -0.1) is 24.0 Å². The number of alkyl halides is 2. The molecule has 1 saturated heterocycles. The van der Waals surface area contributed by atoms with Gasteiger partial charge in [0.2, 0.25) is 0 Å². The maximum atomic E-state index is 12.3. The lowest BCUT2D eigenvalue weighted by Crippen LogP contribution is -2.46. The Kier molecular flexibility index (Phi) is 14.0. The first-order chi connectivity index (χ1) is 14.5. The minimum Gasteiger partial charge on any atom is -0.435 e. The smallest absolute Gasteiger partial charge is 0.387 e. The summed E-state index contributed by atoms with van der Waals surface area (Å²) in [5, 5.41) is 3.33. The van der Waals surface area contributed by atoms with Gasteiger partial charge in [-0.3, -0.25) is 4.99 Å². The van der Waals surface area contributed by atoms with Crippen molar-refractivity contribution >= 4 is 29.9 Å². The molecular formula is C22H38F2IN5O. The van der Waals surface area contributed by atoms with Crippen LogP contribution >= 0.6 is 24.0 Å². The maximum Gasteiger partial charge on any atom is 0.387 e. The van der Waals surface area contributed by atoms with E-state index in [0.717, 1.165) is 50.5 Å². The SMILES string of the molecule is CCNC(=NCCCCN1CCN(CC)CC1)N(C)Cc1ccc(OC(F)F)cc1.I. The second-order valence-electron chi connectivity index (χ2n) is 7.60. The molecule has 0 spiro atoms. The molecule has 1 aliphatic heterocycles. The Morgan fingerprint density at radius 2 is 1.74 bits per heavy atom. The number of nitrogens with zero attached hydrogens (tertiary/aromatic N) is 4. The number of halogens is 3. The molecule has 1 aromatic rings. The third kappa shape index (κ3) is 10.8. The minimum atomic E-state index is -2.80. The van der Waals surface area contributed by atoms with Gasteiger partial charge in [0.1, 0.15) is 5.75 Å². The normalized spacial score (nSPS) is 15.6. The number of rotatable bonds is 11. The largest absolute Gasteiger partial charge is 0.435 e. The predicted octanol–water partition coefficient (Wildman–Crippen LogP) is 3.72. The van der Waals surface area contributed by atoms with Gasteiger partial charge < -0.3 is 24.8 Å². The third-order valence-electron chi connectivity index (χ3n) is 5.32. The van der Waals surface area contributed by atoms with Crippen LogP contribution in [0.15, 0.2) is 29.3 Å². The molecule has 0 amide bonds. The van der Waals surface area contributed by atoms with Gasteiger partial charge >= 0.3 is 6.61 Å². The highest BCUT2D eigenvalue weighted by Gasteiger charge is 2.14. The van der Waals surface area contributed by atoms with Crippen LogP contribution in [0.1, 0.15) is 32.3 Å². The Bertz CT molecular complexity index is 625. The Labute approximate surface area is 203 Å². The highest BCUT2D eigenvalue weighted by atomic mass is 127. The zero-order valence-corrected chi connectivity index (χ0v) is 21.4. The molecule has 1 fully saturated rings. The van der Waals surface area contributed by atoms with E-state index >= 15 is 0 Å². The Hall–Kier alpha value is -1.20. The molecule has 31 heavy (non-hydrogen) atoms. The molecule has 2 rings (SSSR count). The van der Waals surface area contributed by atoms with E-state index in [0.29, 0.717) is 6.54 Å². The lowest BCUT2D eigenvalue weighted by atomic mass is 10.2. The van der Waals surface area contributed by atoms with Crippen molar-refractivity contribution in [3.8, 4) is 5.75 Å². The van der Waals surface area contributed by atoms with Crippen molar-refractivity contribution in [3.63, 3.8) is 0 Å². The Balaban J connectivity index is 0.00000480. The molecule has 0 saturated carbocycles. The lowest BCUT2D eigenvalue weighted by Gasteiger charge is -2.33. The monoisotopic (exact) mass is 553 g/mol. The summed E-state index contributed by atoms with van der Waals surface area (Å²) in [4.78, 5) is 11.9. The summed E-state index contributed by atoms with van der Waals surface area (Å²) in [5.74, 6) is 1.04. The molecule has 6 nitrogen and oxygen atoms in total. The number of nitrogens with one attached hydrogen (secondary N) is 1. The maximum absolute atomic E-state index is 12.3. The minimum absolute atomic E-state index is 0. The summed E-state index contributed by atoms with van der Waals surface area (Å²) < 4.78 is 28.9. The number of hydrogen-bond acceptors (Lipinski definition) is 4. The van der Waals surface area contributed by atoms with E-state index in [9.17, 15) is 8.78 Å². The average molecular weight is 553 g/mol. The zero-order chi connectivity index (χ0) is 21.8. The topological polar surface area (TPSA) is 43.3 Å². The number of likely N-dealkylation sites (N-methyl/N-ethyl adjacent to an activating group) is 1. The van der Waals surface area contributed by atoms with E-state index in [1.54, 1.807) is 24.3 Å². The average Bonchev–Trinajstić information content (AvgIpc) is 2.74. The second kappa shape index (κ2) is 15.6. The van der Waals surface area contributed by atoms with Gasteiger partial charge in [-0.1, -0.05) is 19.1 Å². The predicted molar refractivity (Wildman–Crippen MR) is 134 cm³/mol. The molecule has 0 radical (unpaired) electrons. The van der Waals surface area contributed by atoms with Gasteiger partial charge in [0.05, 0.1) is 0 Å². The van der Waals surface area contributed by atoms with E-state index in [1.165, 1.54) is 26.2 Å². The van der Waals surface area contributed by atoms with Crippen LogP contribution in [-0.2, 0) is 6.54 Å². The van der Waals surface area contributed by atoms with Gasteiger partial charge in [0.25, 0.3) is 0 Å². The van der Waals surface area contributed by atoms with Crippen molar-refractivity contribution in [3.05, 3.63) is 29.8 Å². The molecule has 1 aliphatic rings. The van der Waals surface area contributed by atoms with Crippen molar-refractivity contribution in [2.45, 2.75) is 39.8 Å². The first-order valence-corrected chi connectivity index (χ1v) is 11.0.